The van der Waals surface area contributed by atoms with Gasteiger partial charge in [0.2, 0.25) is 0 Å². The highest BCUT2D eigenvalue weighted by Gasteiger charge is 2.07. The molecule has 0 saturated heterocycles. The molecule has 0 fully saturated rings. The quantitative estimate of drug-likeness (QED) is 0.831. The van der Waals surface area contributed by atoms with E-state index in [0.717, 1.165) is 18.4 Å². The minimum absolute atomic E-state index is 0.0757. The van der Waals surface area contributed by atoms with Crippen LogP contribution in [0.2, 0.25) is 0 Å². The number of rotatable bonds is 3. The number of aromatic nitrogens is 1. The molecule has 1 aromatic heterocycles. The topological polar surface area (TPSA) is 50.2 Å². The molecule has 0 atom stereocenters. The molecule has 0 aliphatic carbocycles. The maximum Gasteiger partial charge on any atom is 0.354 e. The number of hydrogen-bond donors (Lipinski definition) is 1. The third kappa shape index (κ3) is 2.52. The van der Waals surface area contributed by atoms with Crippen molar-refractivity contribution < 1.29 is 9.90 Å². The molecule has 0 bridgehead atoms. The van der Waals surface area contributed by atoms with Crippen LogP contribution >= 0.6 is 15.9 Å². The number of carboxylic acid groups (broad SMARTS) is 1. The first-order valence-electron chi connectivity index (χ1n) is 4.04. The summed E-state index contributed by atoms with van der Waals surface area (Å²) in [5.41, 5.74) is 1.12. The first-order chi connectivity index (χ1) is 6.15. The van der Waals surface area contributed by atoms with Gasteiger partial charge < -0.3 is 5.11 Å². The van der Waals surface area contributed by atoms with Crippen molar-refractivity contribution in [3.05, 3.63) is 28.0 Å². The number of carbonyl (C=O) groups is 1. The first-order valence-corrected chi connectivity index (χ1v) is 4.83. The zero-order valence-corrected chi connectivity index (χ0v) is 8.84. The maximum atomic E-state index is 10.5. The minimum Gasteiger partial charge on any atom is -0.477 e. The molecule has 13 heavy (non-hydrogen) atoms. The van der Waals surface area contributed by atoms with Gasteiger partial charge in [-0.1, -0.05) is 19.4 Å². The Labute approximate surface area is 84.9 Å². The summed E-state index contributed by atoms with van der Waals surface area (Å²) in [7, 11) is 0. The second-order valence-corrected chi connectivity index (χ2v) is 3.45. The average Bonchev–Trinajstić information content (AvgIpc) is 2.08. The Morgan fingerprint density at radius 1 is 1.62 bits per heavy atom. The van der Waals surface area contributed by atoms with E-state index in [1.807, 2.05) is 0 Å². The van der Waals surface area contributed by atoms with Crippen molar-refractivity contribution in [2.75, 3.05) is 0 Å². The van der Waals surface area contributed by atoms with Gasteiger partial charge in [-0.15, -0.1) is 0 Å². The van der Waals surface area contributed by atoms with Crippen molar-refractivity contribution in [1.29, 1.82) is 0 Å². The lowest BCUT2D eigenvalue weighted by molar-refractivity contribution is 0.0690. The number of aryl methyl sites for hydroxylation is 1. The Morgan fingerprint density at radius 2 is 2.31 bits per heavy atom. The lowest BCUT2D eigenvalue weighted by Gasteiger charge is -2.02. The number of pyridine rings is 1. The van der Waals surface area contributed by atoms with Crippen LogP contribution in [0.4, 0.5) is 0 Å². The van der Waals surface area contributed by atoms with Gasteiger partial charge in [-0.2, -0.15) is 0 Å². The van der Waals surface area contributed by atoms with E-state index in [1.54, 1.807) is 6.07 Å². The number of halogens is 1. The van der Waals surface area contributed by atoms with Crippen LogP contribution in [0.3, 0.4) is 0 Å². The summed E-state index contributed by atoms with van der Waals surface area (Å²) in [5.74, 6) is -0.997. The number of aromatic carboxylic acids is 1. The molecule has 0 aromatic carbocycles. The van der Waals surface area contributed by atoms with Crippen LogP contribution in [0.5, 0.6) is 0 Å². The molecule has 0 unspecified atom stereocenters. The molecule has 1 rings (SSSR count). The number of nitrogens with zero attached hydrogens (tertiary/aromatic N) is 1. The van der Waals surface area contributed by atoms with Crippen molar-refractivity contribution in [1.82, 2.24) is 4.98 Å². The second kappa shape index (κ2) is 4.37. The SMILES string of the molecule is CCCc1ccc(C(=O)O)nc1Br. The van der Waals surface area contributed by atoms with Crippen LogP contribution in [0.1, 0.15) is 29.4 Å². The molecule has 70 valence electrons. The largest absolute Gasteiger partial charge is 0.477 e. The monoisotopic (exact) mass is 243 g/mol. The Kier molecular flexibility index (Phi) is 3.42. The standard InChI is InChI=1S/C9H10BrNO2/c1-2-3-6-4-5-7(9(12)13)11-8(6)10/h4-5H,2-3H2,1H3,(H,12,13). The van der Waals surface area contributed by atoms with Crippen LogP contribution in [-0.4, -0.2) is 16.1 Å². The van der Waals surface area contributed by atoms with E-state index < -0.39 is 5.97 Å². The normalized spacial score (nSPS) is 10.0. The molecule has 0 radical (unpaired) electrons. The molecule has 3 nitrogen and oxygen atoms in total. The predicted octanol–water partition coefficient (Wildman–Crippen LogP) is 2.49. The van der Waals surface area contributed by atoms with Gasteiger partial charge in [-0.05, 0) is 34.0 Å². The second-order valence-electron chi connectivity index (χ2n) is 2.70. The zero-order chi connectivity index (χ0) is 9.84. The van der Waals surface area contributed by atoms with E-state index in [1.165, 1.54) is 6.07 Å². The molecule has 0 amide bonds. The fourth-order valence-electron chi connectivity index (χ4n) is 1.04. The Balaban J connectivity index is 2.98. The van der Waals surface area contributed by atoms with Gasteiger partial charge in [-0.25, -0.2) is 9.78 Å². The summed E-state index contributed by atoms with van der Waals surface area (Å²) in [6.07, 6.45) is 1.93. The van der Waals surface area contributed by atoms with E-state index >= 15 is 0 Å². The van der Waals surface area contributed by atoms with Gasteiger partial charge in [0.15, 0.2) is 0 Å². The lowest BCUT2D eigenvalue weighted by Crippen LogP contribution is -2.01. The molecule has 1 aromatic rings. The summed E-state index contributed by atoms with van der Waals surface area (Å²) in [5, 5.41) is 8.65. The van der Waals surface area contributed by atoms with E-state index in [0.29, 0.717) is 4.60 Å². The highest BCUT2D eigenvalue weighted by Crippen LogP contribution is 2.16. The molecule has 4 heteroatoms. The first kappa shape index (κ1) is 10.2. The smallest absolute Gasteiger partial charge is 0.354 e. The van der Waals surface area contributed by atoms with Crippen molar-refractivity contribution >= 4 is 21.9 Å². The summed E-state index contributed by atoms with van der Waals surface area (Å²) in [6.45, 7) is 2.07. The van der Waals surface area contributed by atoms with Gasteiger partial charge in [0.25, 0.3) is 0 Å². The maximum absolute atomic E-state index is 10.5. The Morgan fingerprint density at radius 3 is 2.77 bits per heavy atom. The van der Waals surface area contributed by atoms with Gasteiger partial charge in [0.1, 0.15) is 10.3 Å². The fraction of sp³-hybridized carbons (Fsp3) is 0.333. The van der Waals surface area contributed by atoms with Crippen LogP contribution in [-0.2, 0) is 6.42 Å². The minimum atomic E-state index is -0.997. The molecular weight excluding hydrogens is 234 g/mol. The third-order valence-corrected chi connectivity index (χ3v) is 2.35. The summed E-state index contributed by atoms with van der Waals surface area (Å²) in [4.78, 5) is 14.4. The van der Waals surface area contributed by atoms with Crippen LogP contribution in [0.25, 0.3) is 0 Å². The highest BCUT2D eigenvalue weighted by atomic mass is 79.9. The highest BCUT2D eigenvalue weighted by molar-refractivity contribution is 9.10. The van der Waals surface area contributed by atoms with Crippen LogP contribution in [0.15, 0.2) is 16.7 Å². The Bertz CT molecular complexity index is 325. The van der Waals surface area contributed by atoms with E-state index in [9.17, 15) is 4.79 Å². The summed E-state index contributed by atoms with van der Waals surface area (Å²) < 4.78 is 0.634. The van der Waals surface area contributed by atoms with E-state index in [4.69, 9.17) is 5.11 Å². The van der Waals surface area contributed by atoms with Crippen molar-refractivity contribution in [3.63, 3.8) is 0 Å². The van der Waals surface area contributed by atoms with Crippen LogP contribution in [0, 0.1) is 0 Å². The zero-order valence-electron chi connectivity index (χ0n) is 7.25. The molecule has 0 aliphatic rings. The van der Waals surface area contributed by atoms with Crippen molar-refractivity contribution in [3.8, 4) is 0 Å². The number of carboxylic acids is 1. The fourth-order valence-corrected chi connectivity index (χ4v) is 1.56. The Hall–Kier alpha value is -0.900. The van der Waals surface area contributed by atoms with Crippen molar-refractivity contribution in [2.24, 2.45) is 0 Å². The molecule has 0 spiro atoms. The summed E-state index contributed by atoms with van der Waals surface area (Å²) in [6, 6.07) is 3.32. The van der Waals surface area contributed by atoms with E-state index in [2.05, 4.69) is 27.8 Å². The lowest BCUT2D eigenvalue weighted by atomic mass is 10.1. The average molecular weight is 244 g/mol. The molecule has 0 aliphatic heterocycles. The third-order valence-electron chi connectivity index (χ3n) is 1.66. The summed E-state index contributed by atoms with van der Waals surface area (Å²) >= 11 is 3.24. The van der Waals surface area contributed by atoms with Gasteiger partial charge in [0.05, 0.1) is 0 Å². The molecule has 1 heterocycles. The predicted molar refractivity (Wildman–Crippen MR) is 52.9 cm³/mol. The van der Waals surface area contributed by atoms with Gasteiger partial charge in [-0.3, -0.25) is 0 Å². The van der Waals surface area contributed by atoms with Crippen molar-refractivity contribution in [2.45, 2.75) is 19.8 Å². The van der Waals surface area contributed by atoms with Gasteiger partial charge in [0, 0.05) is 0 Å². The number of hydrogen-bond acceptors (Lipinski definition) is 2. The van der Waals surface area contributed by atoms with E-state index in [-0.39, 0.29) is 5.69 Å². The van der Waals surface area contributed by atoms with Crippen LogP contribution < -0.4 is 0 Å². The molecule has 1 N–H and O–H groups in total. The molecule has 0 saturated carbocycles. The van der Waals surface area contributed by atoms with Gasteiger partial charge >= 0.3 is 5.97 Å². The molecular formula is C9H10BrNO2.